The lowest BCUT2D eigenvalue weighted by Gasteiger charge is -2.20. The zero-order valence-corrected chi connectivity index (χ0v) is 11.7. The minimum Gasteiger partial charge on any atom is -0.366 e. The van der Waals surface area contributed by atoms with Crippen LogP contribution in [0.3, 0.4) is 0 Å². The van der Waals surface area contributed by atoms with E-state index in [0.29, 0.717) is 17.4 Å². The van der Waals surface area contributed by atoms with E-state index in [1.54, 1.807) is 0 Å². The highest BCUT2D eigenvalue weighted by atomic mass is 16.1. The van der Waals surface area contributed by atoms with Crippen molar-refractivity contribution in [3.63, 3.8) is 0 Å². The molecule has 2 saturated heterocycles. The van der Waals surface area contributed by atoms with Crippen molar-refractivity contribution in [3.05, 3.63) is 35.9 Å². The van der Waals surface area contributed by atoms with Gasteiger partial charge in [-0.05, 0) is 24.0 Å². The van der Waals surface area contributed by atoms with Crippen LogP contribution in [0.2, 0.25) is 0 Å². The first-order valence-corrected chi connectivity index (χ1v) is 7.37. The van der Waals surface area contributed by atoms with Crippen molar-refractivity contribution in [2.45, 2.75) is 0 Å². The maximum Gasteiger partial charge on any atom is 0.249 e. The number of hydrogen-bond donors (Lipinski definition) is 2. The SMILES string of the molecule is NC(=O)c1cc(N2CC3CNCC3C2)nc2ccccc12. The van der Waals surface area contributed by atoms with E-state index in [2.05, 4.69) is 10.2 Å². The molecule has 2 atom stereocenters. The third-order valence-electron chi connectivity index (χ3n) is 4.68. The van der Waals surface area contributed by atoms with Crippen molar-refractivity contribution >= 4 is 22.6 Å². The summed E-state index contributed by atoms with van der Waals surface area (Å²) in [6.45, 7) is 4.16. The topological polar surface area (TPSA) is 71.2 Å². The van der Waals surface area contributed by atoms with Crippen molar-refractivity contribution in [2.75, 3.05) is 31.1 Å². The normalized spacial score (nSPS) is 24.5. The predicted octanol–water partition coefficient (Wildman–Crippen LogP) is 0.989. The van der Waals surface area contributed by atoms with Crippen LogP contribution in [-0.2, 0) is 0 Å². The molecule has 4 rings (SSSR count). The van der Waals surface area contributed by atoms with Gasteiger partial charge in [-0.25, -0.2) is 4.98 Å². The minimum atomic E-state index is -0.393. The fraction of sp³-hybridized carbons (Fsp3) is 0.375. The van der Waals surface area contributed by atoms with Crippen LogP contribution in [0.5, 0.6) is 0 Å². The number of fused-ring (bicyclic) bond motifs is 2. The molecule has 0 saturated carbocycles. The molecule has 1 aromatic carbocycles. The number of primary amides is 1. The second-order valence-corrected chi connectivity index (χ2v) is 5.99. The molecule has 0 radical (unpaired) electrons. The molecule has 3 N–H and O–H groups in total. The number of amides is 1. The number of carbonyl (C=O) groups is 1. The van der Waals surface area contributed by atoms with Crippen molar-refractivity contribution in [2.24, 2.45) is 17.6 Å². The van der Waals surface area contributed by atoms with Crippen LogP contribution in [0.25, 0.3) is 10.9 Å². The Hall–Kier alpha value is -2.14. The summed E-state index contributed by atoms with van der Waals surface area (Å²) in [6.07, 6.45) is 0. The Morgan fingerprint density at radius 3 is 2.67 bits per heavy atom. The van der Waals surface area contributed by atoms with E-state index in [1.165, 1.54) is 0 Å². The van der Waals surface area contributed by atoms with Crippen LogP contribution in [-0.4, -0.2) is 37.1 Å². The van der Waals surface area contributed by atoms with E-state index in [4.69, 9.17) is 10.7 Å². The van der Waals surface area contributed by atoms with Gasteiger partial charge in [-0.3, -0.25) is 4.79 Å². The lowest BCUT2D eigenvalue weighted by atomic mass is 10.0. The quantitative estimate of drug-likeness (QED) is 0.861. The predicted molar refractivity (Wildman–Crippen MR) is 82.3 cm³/mol. The van der Waals surface area contributed by atoms with Crippen LogP contribution >= 0.6 is 0 Å². The molecular formula is C16H18N4O. The van der Waals surface area contributed by atoms with Gasteiger partial charge in [-0.2, -0.15) is 0 Å². The molecular weight excluding hydrogens is 264 g/mol. The summed E-state index contributed by atoms with van der Waals surface area (Å²) in [5.41, 5.74) is 6.94. The van der Waals surface area contributed by atoms with Gasteiger partial charge in [0, 0.05) is 31.6 Å². The summed E-state index contributed by atoms with van der Waals surface area (Å²) in [5, 5.41) is 4.26. The molecule has 0 bridgehead atoms. The Kier molecular flexibility index (Phi) is 2.82. The molecule has 2 aliphatic heterocycles. The summed E-state index contributed by atoms with van der Waals surface area (Å²) in [6, 6.07) is 9.52. The number of benzene rings is 1. The van der Waals surface area contributed by atoms with E-state index in [-0.39, 0.29) is 0 Å². The third kappa shape index (κ3) is 2.05. The number of nitrogens with one attached hydrogen (secondary N) is 1. The van der Waals surface area contributed by atoms with Crippen LogP contribution in [0.4, 0.5) is 5.82 Å². The zero-order valence-electron chi connectivity index (χ0n) is 11.7. The highest BCUT2D eigenvalue weighted by molar-refractivity contribution is 6.06. The number of carbonyl (C=O) groups excluding carboxylic acids is 1. The smallest absolute Gasteiger partial charge is 0.249 e. The lowest BCUT2D eigenvalue weighted by molar-refractivity contribution is 0.100. The molecule has 108 valence electrons. The van der Waals surface area contributed by atoms with Crippen molar-refractivity contribution in [1.82, 2.24) is 10.3 Å². The van der Waals surface area contributed by atoms with Gasteiger partial charge in [0.25, 0.3) is 0 Å². The average molecular weight is 282 g/mol. The van der Waals surface area contributed by atoms with E-state index in [0.717, 1.165) is 42.9 Å². The highest BCUT2D eigenvalue weighted by Gasteiger charge is 2.36. The maximum absolute atomic E-state index is 11.7. The summed E-state index contributed by atoms with van der Waals surface area (Å²) < 4.78 is 0. The van der Waals surface area contributed by atoms with E-state index in [9.17, 15) is 4.79 Å². The number of hydrogen-bond acceptors (Lipinski definition) is 4. The van der Waals surface area contributed by atoms with Gasteiger partial charge >= 0.3 is 0 Å². The fourth-order valence-electron chi connectivity index (χ4n) is 3.57. The second-order valence-electron chi connectivity index (χ2n) is 5.99. The first-order chi connectivity index (χ1) is 10.2. The summed E-state index contributed by atoms with van der Waals surface area (Å²) in [5.74, 6) is 1.86. The van der Waals surface area contributed by atoms with Gasteiger partial charge in [-0.15, -0.1) is 0 Å². The molecule has 2 aliphatic rings. The van der Waals surface area contributed by atoms with Gasteiger partial charge in [-0.1, -0.05) is 18.2 Å². The molecule has 0 spiro atoms. The van der Waals surface area contributed by atoms with Gasteiger partial charge < -0.3 is 16.0 Å². The minimum absolute atomic E-state index is 0.393. The van der Waals surface area contributed by atoms with Crippen LogP contribution in [0.15, 0.2) is 30.3 Å². The lowest BCUT2D eigenvalue weighted by Crippen LogP contribution is -2.26. The number of para-hydroxylation sites is 1. The second kappa shape index (κ2) is 4.70. The molecule has 1 amide bonds. The first kappa shape index (κ1) is 12.6. The van der Waals surface area contributed by atoms with Gasteiger partial charge in [0.05, 0.1) is 11.1 Å². The number of nitrogens with zero attached hydrogens (tertiary/aromatic N) is 2. The van der Waals surface area contributed by atoms with E-state index < -0.39 is 5.91 Å². The number of aromatic nitrogens is 1. The van der Waals surface area contributed by atoms with E-state index in [1.807, 2.05) is 30.3 Å². The standard InChI is InChI=1S/C16H18N4O/c17-16(21)13-5-15(19-14-4-2-1-3-12(13)14)20-8-10-6-18-7-11(10)9-20/h1-5,10-11,18H,6-9H2,(H2,17,21). The summed E-state index contributed by atoms with van der Waals surface area (Å²) in [4.78, 5) is 18.8. The molecule has 21 heavy (non-hydrogen) atoms. The summed E-state index contributed by atoms with van der Waals surface area (Å²) >= 11 is 0. The molecule has 5 nitrogen and oxygen atoms in total. The van der Waals surface area contributed by atoms with Gasteiger partial charge in [0.1, 0.15) is 5.82 Å². The molecule has 0 aliphatic carbocycles. The molecule has 2 unspecified atom stereocenters. The average Bonchev–Trinajstić information content (AvgIpc) is 3.07. The highest BCUT2D eigenvalue weighted by Crippen LogP contribution is 2.31. The monoisotopic (exact) mass is 282 g/mol. The largest absolute Gasteiger partial charge is 0.366 e. The molecule has 2 fully saturated rings. The molecule has 1 aromatic heterocycles. The van der Waals surface area contributed by atoms with E-state index >= 15 is 0 Å². The van der Waals surface area contributed by atoms with Gasteiger partial charge in [0.15, 0.2) is 0 Å². The number of rotatable bonds is 2. The first-order valence-electron chi connectivity index (χ1n) is 7.37. The number of anilines is 1. The Morgan fingerprint density at radius 1 is 1.24 bits per heavy atom. The Morgan fingerprint density at radius 2 is 1.95 bits per heavy atom. The van der Waals surface area contributed by atoms with Crippen LogP contribution in [0.1, 0.15) is 10.4 Å². The van der Waals surface area contributed by atoms with Crippen LogP contribution < -0.4 is 16.0 Å². The van der Waals surface area contributed by atoms with Gasteiger partial charge in [0.2, 0.25) is 5.91 Å². The third-order valence-corrected chi connectivity index (χ3v) is 4.68. The van der Waals surface area contributed by atoms with Crippen molar-refractivity contribution in [3.8, 4) is 0 Å². The number of nitrogens with two attached hydrogens (primary N) is 1. The summed E-state index contributed by atoms with van der Waals surface area (Å²) in [7, 11) is 0. The Balaban J connectivity index is 1.77. The zero-order chi connectivity index (χ0) is 14.4. The maximum atomic E-state index is 11.7. The molecule has 5 heteroatoms. The number of pyridine rings is 1. The van der Waals surface area contributed by atoms with Crippen LogP contribution in [0, 0.1) is 11.8 Å². The Bertz CT molecular complexity index is 702. The fourth-order valence-corrected chi connectivity index (χ4v) is 3.57. The Labute approximate surface area is 123 Å². The molecule has 2 aromatic rings. The van der Waals surface area contributed by atoms with Crippen molar-refractivity contribution < 1.29 is 4.79 Å². The molecule has 3 heterocycles. The van der Waals surface area contributed by atoms with Crippen molar-refractivity contribution in [1.29, 1.82) is 0 Å².